The molecule has 0 aromatic carbocycles. The van der Waals surface area contributed by atoms with Gasteiger partial charge in [0.1, 0.15) is 30.0 Å². The second-order valence-electron chi connectivity index (χ2n) is 7.02. The Morgan fingerprint density at radius 3 is 2.35 bits per heavy atom. The first kappa shape index (κ1) is 18.8. The van der Waals surface area contributed by atoms with Crippen molar-refractivity contribution < 1.29 is 35.0 Å². The van der Waals surface area contributed by atoms with Gasteiger partial charge in [-0.05, 0) is 25.2 Å². The maximum Gasteiger partial charge on any atom is 0.187 e. The van der Waals surface area contributed by atoms with Crippen molar-refractivity contribution >= 4 is 0 Å². The van der Waals surface area contributed by atoms with E-state index in [2.05, 4.69) is 13.8 Å². The van der Waals surface area contributed by atoms with Gasteiger partial charge in [-0.25, -0.2) is 0 Å². The van der Waals surface area contributed by atoms with Gasteiger partial charge < -0.3 is 35.0 Å². The average Bonchev–Trinajstić information content (AvgIpc) is 2.50. The molecule has 0 aromatic rings. The van der Waals surface area contributed by atoms with Crippen LogP contribution in [0.2, 0.25) is 0 Å². The van der Waals surface area contributed by atoms with Crippen molar-refractivity contribution in [1.29, 1.82) is 0 Å². The van der Waals surface area contributed by atoms with Crippen LogP contribution in [0, 0.1) is 11.8 Å². The van der Waals surface area contributed by atoms with Gasteiger partial charge in [0.05, 0.1) is 12.7 Å². The van der Waals surface area contributed by atoms with Gasteiger partial charge in [0, 0.05) is 0 Å². The zero-order valence-corrected chi connectivity index (χ0v) is 13.7. The number of allylic oxidation sites excluding steroid dienone is 1. The van der Waals surface area contributed by atoms with E-state index < -0.39 is 49.0 Å². The number of hydrogen-bond acceptors (Lipinski definition) is 7. The molecule has 1 aliphatic carbocycles. The molecular weight excluding hydrogens is 304 g/mol. The first-order valence-electron chi connectivity index (χ1n) is 8.05. The fourth-order valence-corrected chi connectivity index (χ4v) is 3.02. The summed E-state index contributed by atoms with van der Waals surface area (Å²) in [6.45, 7) is 5.30. The van der Waals surface area contributed by atoms with Crippen LogP contribution < -0.4 is 0 Å². The highest BCUT2D eigenvalue weighted by atomic mass is 16.7. The van der Waals surface area contributed by atoms with Crippen molar-refractivity contribution in [3.8, 4) is 0 Å². The highest BCUT2D eigenvalue weighted by Crippen LogP contribution is 2.35. The maximum absolute atomic E-state index is 10.4. The summed E-state index contributed by atoms with van der Waals surface area (Å²) < 4.78 is 11.1. The van der Waals surface area contributed by atoms with Gasteiger partial charge in [-0.15, -0.1) is 0 Å². The van der Waals surface area contributed by atoms with Crippen molar-refractivity contribution in [1.82, 2.24) is 0 Å². The predicted molar refractivity (Wildman–Crippen MR) is 81.3 cm³/mol. The molecule has 7 heteroatoms. The fourth-order valence-electron chi connectivity index (χ4n) is 3.02. The molecule has 23 heavy (non-hydrogen) atoms. The van der Waals surface area contributed by atoms with Crippen LogP contribution in [0.3, 0.4) is 0 Å². The zero-order valence-electron chi connectivity index (χ0n) is 13.7. The van der Waals surface area contributed by atoms with Crippen LogP contribution in [0.5, 0.6) is 0 Å². The molecule has 0 saturated carbocycles. The molecule has 0 radical (unpaired) electrons. The average molecular weight is 332 g/mol. The van der Waals surface area contributed by atoms with Crippen molar-refractivity contribution in [2.24, 2.45) is 11.8 Å². The molecule has 1 saturated heterocycles. The zero-order chi connectivity index (χ0) is 17.4. The van der Waals surface area contributed by atoms with Crippen LogP contribution in [-0.4, -0.2) is 74.6 Å². The topological polar surface area (TPSA) is 120 Å². The van der Waals surface area contributed by atoms with Crippen LogP contribution in [0.4, 0.5) is 0 Å². The molecule has 5 N–H and O–H groups in total. The molecule has 2 aliphatic rings. The third-order valence-electron chi connectivity index (χ3n) is 4.91. The molecule has 2 rings (SSSR count). The van der Waals surface area contributed by atoms with Crippen LogP contribution >= 0.6 is 0 Å². The summed E-state index contributed by atoms with van der Waals surface area (Å²) in [5.74, 6) is 0.620. The molecule has 0 unspecified atom stereocenters. The minimum Gasteiger partial charge on any atom is -0.394 e. The maximum atomic E-state index is 10.4. The van der Waals surface area contributed by atoms with Gasteiger partial charge >= 0.3 is 0 Å². The van der Waals surface area contributed by atoms with Gasteiger partial charge in [-0.1, -0.05) is 26.0 Å². The quantitative estimate of drug-likeness (QED) is 0.426. The molecule has 0 spiro atoms. The number of ether oxygens (including phenoxy) is 2. The molecule has 0 amide bonds. The van der Waals surface area contributed by atoms with E-state index in [1.165, 1.54) is 0 Å². The number of hydrogen-bond donors (Lipinski definition) is 5. The summed E-state index contributed by atoms with van der Waals surface area (Å²) in [5.41, 5.74) is -1.08. The lowest BCUT2D eigenvalue weighted by Gasteiger charge is -2.45. The van der Waals surface area contributed by atoms with E-state index in [1.807, 2.05) is 6.08 Å². The monoisotopic (exact) mass is 332 g/mol. The lowest BCUT2D eigenvalue weighted by molar-refractivity contribution is -0.327. The van der Waals surface area contributed by atoms with Crippen LogP contribution in [0.1, 0.15) is 27.2 Å². The summed E-state index contributed by atoms with van der Waals surface area (Å²) >= 11 is 0. The van der Waals surface area contributed by atoms with E-state index in [0.29, 0.717) is 12.3 Å². The Balaban J connectivity index is 2.12. The molecule has 0 bridgehead atoms. The van der Waals surface area contributed by atoms with Crippen molar-refractivity contribution in [3.05, 3.63) is 12.2 Å². The van der Waals surface area contributed by atoms with E-state index >= 15 is 0 Å². The van der Waals surface area contributed by atoms with Crippen LogP contribution in [-0.2, 0) is 9.47 Å². The second kappa shape index (κ2) is 7.14. The van der Waals surface area contributed by atoms with Crippen molar-refractivity contribution in [2.45, 2.75) is 69.6 Å². The minimum atomic E-state index is -1.50. The summed E-state index contributed by atoms with van der Waals surface area (Å²) in [5, 5.41) is 49.3. The molecular formula is C16H28O7. The van der Waals surface area contributed by atoms with Crippen LogP contribution in [0.25, 0.3) is 0 Å². The van der Waals surface area contributed by atoms with Crippen molar-refractivity contribution in [3.63, 3.8) is 0 Å². The lowest BCUT2D eigenvalue weighted by atomic mass is 9.79. The minimum absolute atomic E-state index is 0.233. The molecule has 1 fully saturated rings. The molecule has 1 aliphatic heterocycles. The summed E-state index contributed by atoms with van der Waals surface area (Å²) in [7, 11) is 0. The summed E-state index contributed by atoms with van der Waals surface area (Å²) in [6.07, 6.45) is -3.26. The van der Waals surface area contributed by atoms with E-state index in [4.69, 9.17) is 9.47 Å². The summed E-state index contributed by atoms with van der Waals surface area (Å²) in [4.78, 5) is 0. The van der Waals surface area contributed by atoms with Crippen LogP contribution in [0.15, 0.2) is 12.2 Å². The normalized spacial score (nSPS) is 48.0. The van der Waals surface area contributed by atoms with E-state index in [1.54, 1.807) is 13.0 Å². The molecule has 134 valence electrons. The van der Waals surface area contributed by atoms with E-state index in [-0.39, 0.29) is 5.92 Å². The molecule has 0 aromatic heterocycles. The SMILES string of the molecule is CC(C)[C@@H]1C=C[C@](C)(O[C@@H]2O[C@H](CO)[C@@H](O)[C@H](O)[C@H]2O)[C@H](O)C1. The van der Waals surface area contributed by atoms with Gasteiger partial charge in [0.2, 0.25) is 0 Å². The Labute approximate surface area is 136 Å². The molecule has 1 heterocycles. The first-order chi connectivity index (χ1) is 10.7. The first-order valence-corrected chi connectivity index (χ1v) is 8.05. The smallest absolute Gasteiger partial charge is 0.187 e. The van der Waals surface area contributed by atoms with E-state index in [0.717, 1.165) is 0 Å². The standard InChI is InChI=1S/C16H28O7/c1-8(2)9-4-5-16(3,11(18)6-9)23-15-14(21)13(20)12(19)10(7-17)22-15/h4-5,8-15,17-21H,6-7H2,1-3H3/t9-,10-,11-,12-,13+,14-,15+,16+/m1/s1. The Morgan fingerprint density at radius 1 is 1.17 bits per heavy atom. The fraction of sp³-hybridized carbons (Fsp3) is 0.875. The Morgan fingerprint density at radius 2 is 1.83 bits per heavy atom. The Bertz CT molecular complexity index is 425. The predicted octanol–water partition coefficient (Wildman–Crippen LogP) is -0.845. The third-order valence-corrected chi connectivity index (χ3v) is 4.91. The molecule has 7 nitrogen and oxygen atoms in total. The highest BCUT2D eigenvalue weighted by molar-refractivity contribution is 5.12. The highest BCUT2D eigenvalue weighted by Gasteiger charge is 2.48. The third kappa shape index (κ3) is 3.76. The van der Waals surface area contributed by atoms with E-state index in [9.17, 15) is 25.5 Å². The second-order valence-corrected chi connectivity index (χ2v) is 7.02. The molecule has 8 atom stereocenters. The lowest BCUT2D eigenvalue weighted by Crippen LogP contribution is -2.61. The number of aliphatic hydroxyl groups excluding tert-OH is 5. The number of aliphatic hydroxyl groups is 5. The Hall–Kier alpha value is -0.540. The van der Waals surface area contributed by atoms with Crippen molar-refractivity contribution in [2.75, 3.05) is 6.61 Å². The van der Waals surface area contributed by atoms with Gasteiger partial charge in [-0.3, -0.25) is 0 Å². The van der Waals surface area contributed by atoms with Gasteiger partial charge in [-0.2, -0.15) is 0 Å². The van der Waals surface area contributed by atoms with Gasteiger partial charge in [0.25, 0.3) is 0 Å². The van der Waals surface area contributed by atoms with Gasteiger partial charge in [0.15, 0.2) is 6.29 Å². The number of rotatable bonds is 4. The summed E-state index contributed by atoms with van der Waals surface area (Å²) in [6, 6.07) is 0. The largest absolute Gasteiger partial charge is 0.394 e. The Kier molecular flexibility index (Phi) is 5.84.